The van der Waals surface area contributed by atoms with Gasteiger partial charge in [-0.3, -0.25) is 19.3 Å². The Morgan fingerprint density at radius 3 is 2.66 bits per heavy atom. The van der Waals surface area contributed by atoms with Gasteiger partial charge in [-0.1, -0.05) is 53.7 Å². The molecule has 1 aromatic heterocycles. The molecule has 6 nitrogen and oxygen atoms in total. The third kappa shape index (κ3) is 4.98. The number of thiazole rings is 1. The number of rotatable bonds is 6. The smallest absolute Gasteiger partial charge is 0.244 e. The van der Waals surface area contributed by atoms with Crippen LogP contribution in [0, 0.1) is 6.92 Å². The highest BCUT2D eigenvalue weighted by atomic mass is 32.2. The van der Waals surface area contributed by atoms with Crippen LogP contribution in [0.4, 0.5) is 5.69 Å². The van der Waals surface area contributed by atoms with Crippen molar-refractivity contribution >= 4 is 52.5 Å². The summed E-state index contributed by atoms with van der Waals surface area (Å²) >= 11 is 2.88. The Balaban J connectivity index is 1.49. The monoisotopic (exact) mass is 463 g/mol. The molecule has 1 fully saturated rings. The fourth-order valence-corrected chi connectivity index (χ4v) is 5.02. The molecule has 1 saturated heterocycles. The number of Topliss-reactive ketones (excluding diaryl/α,β-unsaturated/α-hetero) is 1. The molecule has 0 atom stereocenters. The number of aryl methyl sites for hydroxylation is 1. The van der Waals surface area contributed by atoms with Crippen molar-refractivity contribution in [1.82, 2.24) is 9.88 Å². The lowest BCUT2D eigenvalue weighted by atomic mass is 10.1. The van der Waals surface area contributed by atoms with Gasteiger partial charge < -0.3 is 5.32 Å². The maximum atomic E-state index is 12.6. The van der Waals surface area contributed by atoms with Crippen LogP contribution in [-0.4, -0.2) is 39.8 Å². The molecule has 4 rings (SSSR count). The van der Waals surface area contributed by atoms with Crippen molar-refractivity contribution in [2.45, 2.75) is 13.8 Å². The van der Waals surface area contributed by atoms with Crippen LogP contribution >= 0.6 is 23.1 Å². The molecule has 1 aliphatic heterocycles. The van der Waals surface area contributed by atoms with Gasteiger partial charge in [0.15, 0.2) is 5.78 Å². The zero-order valence-corrected chi connectivity index (χ0v) is 19.3. The van der Waals surface area contributed by atoms with E-state index in [1.807, 2.05) is 42.6 Å². The standard InChI is InChI=1S/C24H21N3O3S2/c1-15-7-9-17(10-8-15)20-13-31-22(26-20)11-24-27(23(30)14-32-24)12-21(29)25-19-6-4-3-5-18(19)16(2)28/h3-11,13H,12,14H2,1-2H3,(H,25,29). The summed E-state index contributed by atoms with van der Waals surface area (Å²) < 4.78 is 0. The number of nitrogens with zero attached hydrogens (tertiary/aromatic N) is 2. The molecule has 0 radical (unpaired) electrons. The van der Waals surface area contributed by atoms with Gasteiger partial charge in [-0.15, -0.1) is 11.3 Å². The molecule has 2 aromatic carbocycles. The molecule has 2 amide bonds. The lowest BCUT2D eigenvalue weighted by Crippen LogP contribution is -2.34. The molecule has 0 unspecified atom stereocenters. The number of carbonyl (C=O) groups is 3. The number of carbonyl (C=O) groups excluding carboxylic acids is 3. The van der Waals surface area contributed by atoms with Crippen molar-refractivity contribution in [3.8, 4) is 11.3 Å². The first-order valence-electron chi connectivity index (χ1n) is 9.98. The van der Waals surface area contributed by atoms with E-state index in [0.717, 1.165) is 16.3 Å². The van der Waals surface area contributed by atoms with E-state index in [-0.39, 0.29) is 29.9 Å². The number of hydrogen-bond donors (Lipinski definition) is 1. The molecular formula is C24H21N3O3S2. The van der Waals surface area contributed by atoms with Gasteiger partial charge in [-0.05, 0) is 26.0 Å². The van der Waals surface area contributed by atoms with Gasteiger partial charge in [0.2, 0.25) is 11.8 Å². The van der Waals surface area contributed by atoms with E-state index >= 15 is 0 Å². The van der Waals surface area contributed by atoms with E-state index in [0.29, 0.717) is 16.3 Å². The van der Waals surface area contributed by atoms with Crippen LogP contribution in [0.5, 0.6) is 0 Å². The number of benzene rings is 2. The quantitative estimate of drug-likeness (QED) is 0.530. The SMILES string of the molecule is CC(=O)c1ccccc1NC(=O)CN1C(=O)CSC1=Cc1nc(-c2ccc(C)cc2)cs1. The maximum absolute atomic E-state index is 12.6. The summed E-state index contributed by atoms with van der Waals surface area (Å²) in [4.78, 5) is 43.0. The van der Waals surface area contributed by atoms with Gasteiger partial charge in [0.1, 0.15) is 11.6 Å². The Morgan fingerprint density at radius 2 is 1.91 bits per heavy atom. The molecule has 8 heteroatoms. The molecule has 1 aliphatic rings. The fraction of sp³-hybridized carbons (Fsp3) is 0.167. The first-order chi connectivity index (χ1) is 15.4. The van der Waals surface area contributed by atoms with E-state index in [1.165, 1.54) is 40.5 Å². The summed E-state index contributed by atoms with van der Waals surface area (Å²) in [7, 11) is 0. The molecule has 0 aliphatic carbocycles. The number of para-hydroxylation sites is 1. The number of anilines is 1. The second-order valence-corrected chi connectivity index (χ2v) is 9.22. The van der Waals surface area contributed by atoms with E-state index in [1.54, 1.807) is 24.3 Å². The van der Waals surface area contributed by atoms with Crippen LogP contribution in [0.3, 0.4) is 0 Å². The molecular weight excluding hydrogens is 442 g/mol. The predicted molar refractivity (Wildman–Crippen MR) is 130 cm³/mol. The average Bonchev–Trinajstić information content (AvgIpc) is 3.37. The van der Waals surface area contributed by atoms with Gasteiger partial charge in [0.05, 0.1) is 22.2 Å². The zero-order valence-electron chi connectivity index (χ0n) is 17.6. The lowest BCUT2D eigenvalue weighted by Gasteiger charge is -2.17. The molecule has 0 saturated carbocycles. The van der Waals surface area contributed by atoms with Crippen LogP contribution in [0.1, 0.15) is 27.9 Å². The van der Waals surface area contributed by atoms with Gasteiger partial charge in [0, 0.05) is 22.6 Å². The first-order valence-corrected chi connectivity index (χ1v) is 11.8. The van der Waals surface area contributed by atoms with Crippen molar-refractivity contribution in [3.05, 3.63) is 75.1 Å². The van der Waals surface area contributed by atoms with Crippen LogP contribution in [-0.2, 0) is 9.59 Å². The number of ketones is 1. The highest BCUT2D eigenvalue weighted by Gasteiger charge is 2.29. The second-order valence-electron chi connectivity index (χ2n) is 7.34. The van der Waals surface area contributed by atoms with Gasteiger partial charge in [-0.2, -0.15) is 0 Å². The largest absolute Gasteiger partial charge is 0.324 e. The Kier molecular flexibility index (Phi) is 6.53. The van der Waals surface area contributed by atoms with Crippen molar-refractivity contribution in [2.24, 2.45) is 0 Å². The second kappa shape index (κ2) is 9.50. The highest BCUT2D eigenvalue weighted by Crippen LogP contribution is 2.32. The maximum Gasteiger partial charge on any atom is 0.244 e. The fourth-order valence-electron chi connectivity index (χ4n) is 3.25. The Bertz CT molecular complexity index is 1220. The minimum Gasteiger partial charge on any atom is -0.324 e. The summed E-state index contributed by atoms with van der Waals surface area (Å²) in [5.74, 6) is -0.353. The molecule has 0 spiro atoms. The minimum atomic E-state index is -0.361. The zero-order chi connectivity index (χ0) is 22.7. The topological polar surface area (TPSA) is 79.4 Å². The van der Waals surface area contributed by atoms with Gasteiger partial charge in [-0.25, -0.2) is 4.98 Å². The average molecular weight is 464 g/mol. The van der Waals surface area contributed by atoms with Crippen molar-refractivity contribution in [1.29, 1.82) is 0 Å². The van der Waals surface area contributed by atoms with Crippen LogP contribution in [0.15, 0.2) is 58.9 Å². The number of aromatic nitrogens is 1. The van der Waals surface area contributed by atoms with Crippen molar-refractivity contribution in [2.75, 3.05) is 17.6 Å². The van der Waals surface area contributed by atoms with E-state index in [2.05, 4.69) is 10.3 Å². The van der Waals surface area contributed by atoms with E-state index in [4.69, 9.17) is 0 Å². The number of thioether (sulfide) groups is 1. The Hall–Kier alpha value is -3.23. The van der Waals surface area contributed by atoms with Crippen LogP contribution < -0.4 is 5.32 Å². The summed E-state index contributed by atoms with van der Waals surface area (Å²) in [5, 5.41) is 6.19. The van der Waals surface area contributed by atoms with E-state index in [9.17, 15) is 14.4 Å². The predicted octanol–water partition coefficient (Wildman–Crippen LogP) is 4.83. The lowest BCUT2D eigenvalue weighted by molar-refractivity contribution is -0.129. The molecule has 0 bridgehead atoms. The third-order valence-electron chi connectivity index (χ3n) is 4.91. The highest BCUT2D eigenvalue weighted by molar-refractivity contribution is 8.04. The summed E-state index contributed by atoms with van der Waals surface area (Å²) in [6.45, 7) is 3.36. The van der Waals surface area contributed by atoms with Crippen LogP contribution in [0.2, 0.25) is 0 Å². The molecule has 162 valence electrons. The minimum absolute atomic E-state index is 0.125. The van der Waals surface area contributed by atoms with Crippen molar-refractivity contribution in [3.63, 3.8) is 0 Å². The Morgan fingerprint density at radius 1 is 1.16 bits per heavy atom. The molecule has 2 heterocycles. The molecule has 32 heavy (non-hydrogen) atoms. The molecule has 3 aromatic rings. The first kappa shape index (κ1) is 22.0. The van der Waals surface area contributed by atoms with E-state index < -0.39 is 0 Å². The van der Waals surface area contributed by atoms with Crippen molar-refractivity contribution < 1.29 is 14.4 Å². The molecule has 1 N–H and O–H groups in total. The Labute approximate surface area is 194 Å². The summed E-state index contributed by atoms with van der Waals surface area (Å²) in [5.41, 5.74) is 3.98. The van der Waals surface area contributed by atoms with Crippen LogP contribution in [0.25, 0.3) is 17.3 Å². The third-order valence-corrected chi connectivity index (χ3v) is 6.73. The normalized spacial score (nSPS) is 14.8. The number of hydrogen-bond acceptors (Lipinski definition) is 6. The number of amides is 2. The van der Waals surface area contributed by atoms with Gasteiger partial charge in [0.25, 0.3) is 0 Å². The summed E-state index contributed by atoms with van der Waals surface area (Å²) in [6, 6.07) is 15.0. The summed E-state index contributed by atoms with van der Waals surface area (Å²) in [6.07, 6.45) is 1.84. The van der Waals surface area contributed by atoms with Gasteiger partial charge >= 0.3 is 0 Å². The number of nitrogens with one attached hydrogen (secondary N) is 1.